The molecule has 0 radical (unpaired) electrons. The van der Waals surface area contributed by atoms with Crippen LogP contribution < -0.4 is 5.32 Å². The lowest BCUT2D eigenvalue weighted by molar-refractivity contribution is 0.631. The summed E-state index contributed by atoms with van der Waals surface area (Å²) in [6, 6.07) is 4.68. The summed E-state index contributed by atoms with van der Waals surface area (Å²) in [6.07, 6.45) is 1.30. The summed E-state index contributed by atoms with van der Waals surface area (Å²) in [5, 5.41) is 3.09. The van der Waals surface area contributed by atoms with Gasteiger partial charge in [0.25, 0.3) is 0 Å². The van der Waals surface area contributed by atoms with Crippen molar-refractivity contribution in [1.29, 1.82) is 0 Å². The molecule has 0 bridgehead atoms. The number of hydrogen-bond donors (Lipinski definition) is 1. The van der Waals surface area contributed by atoms with E-state index in [2.05, 4.69) is 47.1 Å². The first-order valence-corrected chi connectivity index (χ1v) is 6.42. The molecule has 1 aromatic heterocycles. The van der Waals surface area contributed by atoms with Gasteiger partial charge in [-0.15, -0.1) is 0 Å². The van der Waals surface area contributed by atoms with Gasteiger partial charge in [0.15, 0.2) is 0 Å². The first-order valence-electron chi connectivity index (χ1n) is 4.46. The van der Waals surface area contributed by atoms with Crippen molar-refractivity contribution in [3.63, 3.8) is 0 Å². The average molecular weight is 381 g/mol. The van der Waals surface area contributed by atoms with E-state index in [9.17, 15) is 4.39 Å². The van der Waals surface area contributed by atoms with Crippen LogP contribution in [0.1, 0.15) is 0 Å². The summed E-state index contributed by atoms with van der Waals surface area (Å²) < 4.78 is 14.7. The van der Waals surface area contributed by atoms with Crippen LogP contribution in [0.2, 0.25) is 5.15 Å². The molecule has 17 heavy (non-hydrogen) atoms. The van der Waals surface area contributed by atoms with Crippen LogP contribution in [0, 0.1) is 5.82 Å². The van der Waals surface area contributed by atoms with Crippen molar-refractivity contribution in [2.24, 2.45) is 0 Å². The van der Waals surface area contributed by atoms with E-state index in [1.807, 2.05) is 0 Å². The molecule has 88 valence electrons. The molecule has 0 saturated heterocycles. The Hall–Kier alpha value is -0.720. The Morgan fingerprint density at radius 1 is 1.24 bits per heavy atom. The minimum atomic E-state index is -0.388. The van der Waals surface area contributed by atoms with E-state index < -0.39 is 0 Å². The lowest BCUT2D eigenvalue weighted by atomic mass is 10.3. The minimum absolute atomic E-state index is 0.264. The number of halogens is 4. The van der Waals surface area contributed by atoms with Crippen LogP contribution in [-0.2, 0) is 0 Å². The van der Waals surface area contributed by atoms with E-state index in [-0.39, 0.29) is 11.0 Å². The highest BCUT2D eigenvalue weighted by molar-refractivity contribution is 9.11. The molecule has 0 spiro atoms. The molecule has 0 saturated carbocycles. The van der Waals surface area contributed by atoms with Crippen molar-refractivity contribution in [2.45, 2.75) is 0 Å². The molecule has 0 atom stereocenters. The maximum Gasteiger partial charge on any atom is 0.149 e. The molecule has 0 aliphatic rings. The van der Waals surface area contributed by atoms with Crippen LogP contribution in [0.5, 0.6) is 0 Å². The zero-order valence-corrected chi connectivity index (χ0v) is 12.1. The molecule has 7 heteroatoms. The zero-order chi connectivity index (χ0) is 12.4. The smallest absolute Gasteiger partial charge is 0.149 e. The maximum absolute atomic E-state index is 13.6. The lowest BCUT2D eigenvalue weighted by Gasteiger charge is -2.08. The second-order valence-electron chi connectivity index (χ2n) is 3.08. The molecule has 1 N–H and O–H groups in total. The standard InChI is InChI=1S/C10H5Br2ClFN3/c11-5-1-2-7(6(14)3-5)17-10-8(12)9(13)15-4-16-10/h1-4H,(H,15,16,17). The van der Waals surface area contributed by atoms with E-state index in [0.29, 0.717) is 20.5 Å². The predicted molar refractivity (Wildman–Crippen MR) is 72.1 cm³/mol. The first kappa shape index (κ1) is 12.7. The molecule has 0 fully saturated rings. The Morgan fingerprint density at radius 3 is 2.71 bits per heavy atom. The van der Waals surface area contributed by atoms with Crippen molar-refractivity contribution >= 4 is 55.0 Å². The second kappa shape index (κ2) is 5.29. The molecule has 1 heterocycles. The summed E-state index contributed by atoms with van der Waals surface area (Å²) >= 11 is 12.2. The van der Waals surface area contributed by atoms with E-state index in [1.54, 1.807) is 12.1 Å². The third-order valence-electron chi connectivity index (χ3n) is 1.93. The molecule has 0 aliphatic heterocycles. The summed E-state index contributed by atoms with van der Waals surface area (Å²) in [6.45, 7) is 0. The number of nitrogens with zero attached hydrogens (tertiary/aromatic N) is 2. The van der Waals surface area contributed by atoms with Crippen molar-refractivity contribution in [2.75, 3.05) is 5.32 Å². The Balaban J connectivity index is 2.35. The second-order valence-corrected chi connectivity index (χ2v) is 5.14. The number of nitrogens with one attached hydrogen (secondary N) is 1. The van der Waals surface area contributed by atoms with E-state index >= 15 is 0 Å². The Labute approximate surface area is 119 Å². The third-order valence-corrected chi connectivity index (χ3v) is 3.69. The molecular formula is C10H5Br2ClFN3. The fraction of sp³-hybridized carbons (Fsp3) is 0. The number of rotatable bonds is 2. The molecular weight excluding hydrogens is 376 g/mol. The van der Waals surface area contributed by atoms with Gasteiger partial charge in [0.2, 0.25) is 0 Å². The summed E-state index contributed by atoms with van der Waals surface area (Å²) in [5.41, 5.74) is 0.309. The van der Waals surface area contributed by atoms with Gasteiger partial charge in [0.1, 0.15) is 23.1 Å². The minimum Gasteiger partial charge on any atom is -0.337 e. The SMILES string of the molecule is Fc1cc(Br)ccc1Nc1ncnc(Cl)c1Br. The maximum atomic E-state index is 13.6. The van der Waals surface area contributed by atoms with Gasteiger partial charge in [-0.1, -0.05) is 27.5 Å². The molecule has 1 aromatic carbocycles. The van der Waals surface area contributed by atoms with Gasteiger partial charge in [0, 0.05) is 4.47 Å². The highest BCUT2D eigenvalue weighted by Gasteiger charge is 2.09. The lowest BCUT2D eigenvalue weighted by Crippen LogP contribution is -1.98. The van der Waals surface area contributed by atoms with Crippen LogP contribution in [0.15, 0.2) is 33.5 Å². The fourth-order valence-electron chi connectivity index (χ4n) is 1.15. The van der Waals surface area contributed by atoms with E-state index in [0.717, 1.165) is 0 Å². The summed E-state index contributed by atoms with van der Waals surface area (Å²) in [7, 11) is 0. The van der Waals surface area contributed by atoms with Gasteiger partial charge in [-0.2, -0.15) is 0 Å². The Morgan fingerprint density at radius 2 is 2.00 bits per heavy atom. The molecule has 2 rings (SSSR count). The van der Waals surface area contributed by atoms with Gasteiger partial charge < -0.3 is 5.32 Å². The molecule has 3 nitrogen and oxygen atoms in total. The summed E-state index contributed by atoms with van der Waals surface area (Å²) in [5.74, 6) is 0.0206. The Bertz CT molecular complexity index is 565. The average Bonchev–Trinajstić information content (AvgIpc) is 2.28. The van der Waals surface area contributed by atoms with Crippen LogP contribution >= 0.6 is 43.5 Å². The molecule has 0 unspecified atom stereocenters. The van der Waals surface area contributed by atoms with Crippen molar-refractivity contribution < 1.29 is 4.39 Å². The molecule has 0 aliphatic carbocycles. The van der Waals surface area contributed by atoms with Gasteiger partial charge in [-0.05, 0) is 34.1 Å². The van der Waals surface area contributed by atoms with Crippen molar-refractivity contribution in [1.82, 2.24) is 9.97 Å². The van der Waals surface area contributed by atoms with Crippen molar-refractivity contribution in [3.05, 3.63) is 44.4 Å². The Kier molecular flexibility index (Phi) is 3.96. The monoisotopic (exact) mass is 379 g/mol. The summed E-state index contributed by atoms with van der Waals surface area (Å²) in [4.78, 5) is 7.75. The fourth-order valence-corrected chi connectivity index (χ4v) is 1.92. The first-order chi connectivity index (χ1) is 8.08. The number of anilines is 2. The van der Waals surface area contributed by atoms with Gasteiger partial charge in [0.05, 0.1) is 10.2 Å². The zero-order valence-electron chi connectivity index (χ0n) is 8.22. The van der Waals surface area contributed by atoms with Gasteiger partial charge in [-0.3, -0.25) is 0 Å². The molecule has 2 aromatic rings. The van der Waals surface area contributed by atoms with Crippen LogP contribution in [-0.4, -0.2) is 9.97 Å². The van der Waals surface area contributed by atoms with E-state index in [4.69, 9.17) is 11.6 Å². The van der Waals surface area contributed by atoms with E-state index in [1.165, 1.54) is 12.4 Å². The normalized spacial score (nSPS) is 10.4. The molecule has 0 amide bonds. The van der Waals surface area contributed by atoms with Gasteiger partial charge in [-0.25, -0.2) is 14.4 Å². The highest BCUT2D eigenvalue weighted by atomic mass is 79.9. The predicted octanol–water partition coefficient (Wildman–Crippen LogP) is 4.54. The van der Waals surface area contributed by atoms with Crippen LogP contribution in [0.4, 0.5) is 15.9 Å². The van der Waals surface area contributed by atoms with Crippen LogP contribution in [0.3, 0.4) is 0 Å². The van der Waals surface area contributed by atoms with Gasteiger partial charge >= 0.3 is 0 Å². The van der Waals surface area contributed by atoms with Crippen LogP contribution in [0.25, 0.3) is 0 Å². The topological polar surface area (TPSA) is 37.8 Å². The number of hydrogen-bond acceptors (Lipinski definition) is 3. The number of aromatic nitrogens is 2. The van der Waals surface area contributed by atoms with Crippen molar-refractivity contribution in [3.8, 4) is 0 Å². The highest BCUT2D eigenvalue weighted by Crippen LogP contribution is 2.30. The third kappa shape index (κ3) is 2.94. The number of benzene rings is 1. The quantitative estimate of drug-likeness (QED) is 0.777. The largest absolute Gasteiger partial charge is 0.337 e.